The summed E-state index contributed by atoms with van der Waals surface area (Å²) in [5, 5.41) is 13.8. The van der Waals surface area contributed by atoms with Crippen molar-refractivity contribution in [2.24, 2.45) is 5.92 Å². The first-order chi connectivity index (χ1) is 9.65. The molecule has 3 heteroatoms. The molecule has 112 valence electrons. The summed E-state index contributed by atoms with van der Waals surface area (Å²) in [6.45, 7) is 5.12. The average Bonchev–Trinajstić information content (AvgIpc) is 2.46. The smallest absolute Gasteiger partial charge is 0.0914 e. The molecular formula is C17H27NOS. The fourth-order valence-electron chi connectivity index (χ4n) is 2.65. The molecule has 1 aromatic rings. The number of aliphatic hydroxyl groups is 1. The van der Waals surface area contributed by atoms with Gasteiger partial charge in [-0.2, -0.15) is 11.8 Å². The Hall–Kier alpha value is -0.510. The molecule has 0 aliphatic carbocycles. The summed E-state index contributed by atoms with van der Waals surface area (Å²) in [6, 6.07) is 9.01. The highest BCUT2D eigenvalue weighted by atomic mass is 32.2. The Morgan fingerprint density at radius 3 is 2.65 bits per heavy atom. The van der Waals surface area contributed by atoms with E-state index in [1.165, 1.54) is 29.9 Å². The number of rotatable bonds is 6. The molecule has 0 saturated carbocycles. The lowest BCUT2D eigenvalue weighted by Gasteiger charge is -2.24. The predicted octanol–water partition coefficient (Wildman–Crippen LogP) is 3.40. The summed E-state index contributed by atoms with van der Waals surface area (Å²) in [7, 11) is 0. The lowest BCUT2D eigenvalue weighted by molar-refractivity contribution is 0.170. The van der Waals surface area contributed by atoms with E-state index in [0.29, 0.717) is 18.5 Å². The quantitative estimate of drug-likeness (QED) is 0.843. The first-order valence-electron chi connectivity index (χ1n) is 7.73. The van der Waals surface area contributed by atoms with E-state index in [2.05, 4.69) is 43.4 Å². The maximum absolute atomic E-state index is 10.3. The van der Waals surface area contributed by atoms with Crippen molar-refractivity contribution in [3.8, 4) is 0 Å². The normalized spacial score (nSPS) is 21.1. The number of nitrogens with one attached hydrogen (secondary N) is 1. The van der Waals surface area contributed by atoms with Gasteiger partial charge in [0, 0.05) is 18.3 Å². The Kier molecular flexibility index (Phi) is 6.40. The second-order valence-electron chi connectivity index (χ2n) is 6.18. The molecule has 0 spiro atoms. The fraction of sp³-hybridized carbons (Fsp3) is 0.647. The van der Waals surface area contributed by atoms with Crippen LogP contribution in [0, 0.1) is 5.92 Å². The Morgan fingerprint density at radius 2 is 2.05 bits per heavy atom. The topological polar surface area (TPSA) is 32.3 Å². The lowest BCUT2D eigenvalue weighted by atomic mass is 10.00. The van der Waals surface area contributed by atoms with Crippen molar-refractivity contribution in [2.45, 2.75) is 45.3 Å². The van der Waals surface area contributed by atoms with Gasteiger partial charge in [0.05, 0.1) is 6.10 Å². The molecule has 0 bridgehead atoms. The molecule has 2 rings (SSSR count). The number of thioether (sulfide) groups is 1. The zero-order chi connectivity index (χ0) is 14.4. The van der Waals surface area contributed by atoms with Crippen LogP contribution >= 0.6 is 11.8 Å². The van der Waals surface area contributed by atoms with Gasteiger partial charge in [-0.3, -0.25) is 0 Å². The summed E-state index contributed by atoms with van der Waals surface area (Å²) < 4.78 is 0. The Bertz CT molecular complexity index is 384. The lowest BCUT2D eigenvalue weighted by Crippen LogP contribution is -2.36. The zero-order valence-electron chi connectivity index (χ0n) is 12.6. The minimum Gasteiger partial charge on any atom is -0.387 e. The summed E-state index contributed by atoms with van der Waals surface area (Å²) >= 11 is 2.01. The van der Waals surface area contributed by atoms with Crippen LogP contribution in [0.3, 0.4) is 0 Å². The zero-order valence-corrected chi connectivity index (χ0v) is 13.5. The van der Waals surface area contributed by atoms with Gasteiger partial charge in [0.1, 0.15) is 0 Å². The molecule has 1 heterocycles. The molecule has 0 aromatic heterocycles. The second-order valence-corrected chi connectivity index (χ2v) is 7.33. The minimum atomic E-state index is -0.393. The molecule has 1 fully saturated rings. The van der Waals surface area contributed by atoms with Crippen molar-refractivity contribution in [3.05, 3.63) is 35.4 Å². The van der Waals surface area contributed by atoms with Crippen molar-refractivity contribution in [1.82, 2.24) is 5.32 Å². The maximum Gasteiger partial charge on any atom is 0.0914 e. The van der Waals surface area contributed by atoms with Crippen LogP contribution in [0.4, 0.5) is 0 Å². The van der Waals surface area contributed by atoms with Gasteiger partial charge < -0.3 is 10.4 Å². The van der Waals surface area contributed by atoms with E-state index in [1.54, 1.807) is 0 Å². The van der Waals surface area contributed by atoms with Crippen LogP contribution in [0.15, 0.2) is 24.3 Å². The largest absolute Gasteiger partial charge is 0.387 e. The van der Waals surface area contributed by atoms with Gasteiger partial charge in [-0.1, -0.05) is 38.1 Å². The van der Waals surface area contributed by atoms with E-state index in [4.69, 9.17) is 0 Å². The van der Waals surface area contributed by atoms with Crippen LogP contribution < -0.4 is 5.32 Å². The van der Waals surface area contributed by atoms with Crippen LogP contribution in [0.25, 0.3) is 0 Å². The standard InChI is InChI=1S/C17H27NOS/c1-13(2)10-14-5-7-15(8-6-14)17(19)11-18-16-4-3-9-20-12-16/h5-8,13,16-19H,3-4,9-12H2,1-2H3. The summed E-state index contributed by atoms with van der Waals surface area (Å²) in [5.74, 6) is 3.15. The first-order valence-corrected chi connectivity index (χ1v) is 8.88. The molecule has 1 aliphatic rings. The number of hydrogen-bond acceptors (Lipinski definition) is 3. The third-order valence-electron chi connectivity index (χ3n) is 3.77. The van der Waals surface area contributed by atoms with Crippen molar-refractivity contribution >= 4 is 11.8 Å². The summed E-state index contributed by atoms with van der Waals surface area (Å²) in [5.41, 5.74) is 2.38. The third kappa shape index (κ3) is 5.12. The van der Waals surface area contributed by atoms with E-state index in [9.17, 15) is 5.11 Å². The molecule has 1 saturated heterocycles. The van der Waals surface area contributed by atoms with Gasteiger partial charge in [-0.25, -0.2) is 0 Å². The van der Waals surface area contributed by atoms with Gasteiger partial charge in [-0.05, 0) is 42.1 Å². The Balaban J connectivity index is 1.80. The van der Waals surface area contributed by atoms with E-state index >= 15 is 0 Å². The second kappa shape index (κ2) is 8.06. The highest BCUT2D eigenvalue weighted by molar-refractivity contribution is 7.99. The monoisotopic (exact) mass is 293 g/mol. The minimum absolute atomic E-state index is 0.393. The van der Waals surface area contributed by atoms with Gasteiger partial charge in [0.15, 0.2) is 0 Å². The molecular weight excluding hydrogens is 266 g/mol. The number of aliphatic hydroxyl groups excluding tert-OH is 1. The highest BCUT2D eigenvalue weighted by Gasteiger charge is 2.15. The van der Waals surface area contributed by atoms with Crippen LogP contribution in [0.5, 0.6) is 0 Å². The van der Waals surface area contributed by atoms with E-state index < -0.39 is 6.10 Å². The first kappa shape index (κ1) is 15.9. The molecule has 0 radical (unpaired) electrons. The van der Waals surface area contributed by atoms with Crippen LogP contribution in [-0.4, -0.2) is 29.2 Å². The number of hydrogen-bond donors (Lipinski definition) is 2. The van der Waals surface area contributed by atoms with E-state index in [0.717, 1.165) is 12.0 Å². The van der Waals surface area contributed by atoms with Gasteiger partial charge in [-0.15, -0.1) is 0 Å². The van der Waals surface area contributed by atoms with Gasteiger partial charge in [0.25, 0.3) is 0 Å². The molecule has 1 aromatic carbocycles. The molecule has 2 unspecified atom stereocenters. The van der Waals surface area contributed by atoms with E-state index in [1.807, 2.05) is 11.8 Å². The predicted molar refractivity (Wildman–Crippen MR) is 88.3 cm³/mol. The number of benzene rings is 1. The van der Waals surface area contributed by atoms with Crippen LogP contribution in [-0.2, 0) is 6.42 Å². The van der Waals surface area contributed by atoms with Crippen LogP contribution in [0.2, 0.25) is 0 Å². The van der Waals surface area contributed by atoms with Crippen molar-refractivity contribution in [3.63, 3.8) is 0 Å². The highest BCUT2D eigenvalue weighted by Crippen LogP contribution is 2.19. The van der Waals surface area contributed by atoms with Crippen molar-refractivity contribution in [2.75, 3.05) is 18.1 Å². The molecule has 0 amide bonds. The molecule has 2 N–H and O–H groups in total. The van der Waals surface area contributed by atoms with Crippen LogP contribution in [0.1, 0.15) is 43.9 Å². The molecule has 1 aliphatic heterocycles. The third-order valence-corrected chi connectivity index (χ3v) is 4.98. The summed E-state index contributed by atoms with van der Waals surface area (Å²) in [4.78, 5) is 0. The van der Waals surface area contributed by atoms with Gasteiger partial charge in [0.2, 0.25) is 0 Å². The van der Waals surface area contributed by atoms with E-state index in [-0.39, 0.29) is 0 Å². The Morgan fingerprint density at radius 1 is 1.30 bits per heavy atom. The maximum atomic E-state index is 10.3. The molecule has 2 atom stereocenters. The van der Waals surface area contributed by atoms with Crippen molar-refractivity contribution < 1.29 is 5.11 Å². The average molecular weight is 293 g/mol. The summed E-state index contributed by atoms with van der Waals surface area (Å²) in [6.07, 6.45) is 3.25. The SMILES string of the molecule is CC(C)Cc1ccc(C(O)CNC2CCCSC2)cc1. The molecule has 2 nitrogen and oxygen atoms in total. The molecule has 20 heavy (non-hydrogen) atoms. The fourth-order valence-corrected chi connectivity index (χ4v) is 3.75. The van der Waals surface area contributed by atoms with Crippen molar-refractivity contribution in [1.29, 1.82) is 0 Å². The van der Waals surface area contributed by atoms with Gasteiger partial charge >= 0.3 is 0 Å². The Labute approximate surface area is 127 Å².